The Morgan fingerprint density at radius 2 is 1.82 bits per heavy atom. The van der Waals surface area contributed by atoms with Gasteiger partial charge in [0.25, 0.3) is 5.91 Å². The lowest BCUT2D eigenvalue weighted by molar-refractivity contribution is 0.0993. The van der Waals surface area contributed by atoms with Gasteiger partial charge < -0.3 is 25.2 Å². The molecule has 1 amide bonds. The van der Waals surface area contributed by atoms with Crippen molar-refractivity contribution in [2.24, 2.45) is 0 Å². The van der Waals surface area contributed by atoms with E-state index in [1.807, 2.05) is 44.4 Å². The summed E-state index contributed by atoms with van der Waals surface area (Å²) in [5.41, 5.74) is 9.01. The van der Waals surface area contributed by atoms with Gasteiger partial charge in [-0.15, -0.1) is 0 Å². The fourth-order valence-electron chi connectivity index (χ4n) is 4.17. The van der Waals surface area contributed by atoms with Gasteiger partial charge in [0.1, 0.15) is 18.2 Å². The number of hydrogen-bond donors (Lipinski definition) is 1. The van der Waals surface area contributed by atoms with Crippen molar-refractivity contribution in [3.63, 3.8) is 0 Å². The lowest BCUT2D eigenvalue weighted by atomic mass is 10.1. The molecule has 4 rings (SSSR count). The minimum Gasteiger partial charge on any atom is -0.487 e. The lowest BCUT2D eigenvalue weighted by Crippen LogP contribution is -2.31. The third-order valence-electron chi connectivity index (χ3n) is 6.37. The van der Waals surface area contributed by atoms with Crippen molar-refractivity contribution in [2.45, 2.75) is 19.1 Å². The van der Waals surface area contributed by atoms with Crippen LogP contribution in [-0.2, 0) is 6.61 Å². The summed E-state index contributed by atoms with van der Waals surface area (Å²) in [5, 5.41) is 0. The number of hydrogen-bond acceptors (Lipinski definition) is 5. The predicted molar refractivity (Wildman–Crippen MR) is 135 cm³/mol. The van der Waals surface area contributed by atoms with E-state index < -0.39 is 0 Å². The van der Waals surface area contributed by atoms with Crippen LogP contribution in [0, 0.1) is 5.82 Å². The van der Waals surface area contributed by atoms with E-state index in [0.717, 1.165) is 25.1 Å². The molecular weight excluding hydrogens is 431 g/mol. The zero-order valence-corrected chi connectivity index (χ0v) is 19.9. The highest BCUT2D eigenvalue weighted by atomic mass is 19.1. The number of benzene rings is 3. The average Bonchev–Trinajstić information content (AvgIpc) is 3.33. The first kappa shape index (κ1) is 23.6. The second-order valence-corrected chi connectivity index (χ2v) is 8.88. The predicted octanol–water partition coefficient (Wildman–Crippen LogP) is 4.40. The second-order valence-electron chi connectivity index (χ2n) is 8.88. The van der Waals surface area contributed by atoms with E-state index in [4.69, 9.17) is 10.5 Å². The molecule has 6 nitrogen and oxygen atoms in total. The maximum Gasteiger partial charge on any atom is 0.258 e. The van der Waals surface area contributed by atoms with Gasteiger partial charge in [0.15, 0.2) is 0 Å². The van der Waals surface area contributed by atoms with Crippen molar-refractivity contribution in [1.82, 2.24) is 4.90 Å². The van der Waals surface area contributed by atoms with Crippen LogP contribution < -0.4 is 20.3 Å². The molecule has 1 fully saturated rings. The Bertz CT molecular complexity index is 1150. The standard InChI is InChI=1S/C27H31FN4O2/c1-30(2)22-14-15-32(17-22)25-13-12-21(16-23(25)28)31(3)27(33)20-10-8-19(9-11-20)18-34-26-7-5-4-6-24(26)29/h4-13,16,22H,14-15,17-18,29H2,1-3H3. The number of amides is 1. The molecule has 1 aliphatic rings. The van der Waals surface area contributed by atoms with Crippen LogP contribution >= 0.6 is 0 Å². The third-order valence-corrected chi connectivity index (χ3v) is 6.37. The molecule has 0 saturated carbocycles. The SMILES string of the molecule is CN(C(=O)c1ccc(COc2ccccc2N)cc1)c1ccc(N2CCC(N(C)C)C2)c(F)c1. The molecule has 0 bridgehead atoms. The molecular formula is C27H31FN4O2. The number of carbonyl (C=O) groups excluding carboxylic acids is 1. The monoisotopic (exact) mass is 462 g/mol. The van der Waals surface area contributed by atoms with Crippen molar-refractivity contribution in [1.29, 1.82) is 0 Å². The first-order valence-corrected chi connectivity index (χ1v) is 11.4. The number of likely N-dealkylation sites (N-methyl/N-ethyl adjacent to an activating group) is 1. The molecule has 0 spiro atoms. The van der Waals surface area contributed by atoms with E-state index in [0.29, 0.717) is 41.0 Å². The fraction of sp³-hybridized carbons (Fsp3) is 0.296. The quantitative estimate of drug-likeness (QED) is 0.527. The highest BCUT2D eigenvalue weighted by Crippen LogP contribution is 2.29. The summed E-state index contributed by atoms with van der Waals surface area (Å²) in [6, 6.07) is 19.9. The van der Waals surface area contributed by atoms with Crippen molar-refractivity contribution in [3.8, 4) is 5.75 Å². The van der Waals surface area contributed by atoms with E-state index in [1.54, 1.807) is 37.4 Å². The summed E-state index contributed by atoms with van der Waals surface area (Å²) in [6.07, 6.45) is 1.01. The van der Waals surface area contributed by atoms with E-state index in [1.165, 1.54) is 11.0 Å². The zero-order chi connectivity index (χ0) is 24.2. The van der Waals surface area contributed by atoms with Crippen LogP contribution in [0.3, 0.4) is 0 Å². The molecule has 3 aromatic rings. The maximum absolute atomic E-state index is 14.9. The number of nitrogens with two attached hydrogens (primary N) is 1. The minimum absolute atomic E-state index is 0.208. The molecule has 1 heterocycles. The van der Waals surface area contributed by atoms with Gasteiger partial charge in [-0.1, -0.05) is 24.3 Å². The molecule has 0 radical (unpaired) electrons. The molecule has 178 valence electrons. The number of ether oxygens (including phenoxy) is 1. The smallest absolute Gasteiger partial charge is 0.258 e. The molecule has 0 aliphatic carbocycles. The summed E-state index contributed by atoms with van der Waals surface area (Å²) >= 11 is 0. The van der Waals surface area contributed by atoms with Crippen LogP contribution in [0.25, 0.3) is 0 Å². The number of anilines is 3. The Kier molecular flexibility index (Phi) is 7.03. The maximum atomic E-state index is 14.9. The van der Waals surface area contributed by atoms with Gasteiger partial charge in [-0.25, -0.2) is 4.39 Å². The van der Waals surface area contributed by atoms with Gasteiger partial charge in [-0.05, 0) is 68.5 Å². The van der Waals surface area contributed by atoms with Gasteiger partial charge in [0.05, 0.1) is 11.4 Å². The number of halogens is 1. The number of nitrogens with zero attached hydrogens (tertiary/aromatic N) is 3. The molecule has 2 N–H and O–H groups in total. The lowest BCUT2D eigenvalue weighted by Gasteiger charge is -2.24. The van der Waals surface area contributed by atoms with Crippen LogP contribution in [0.1, 0.15) is 22.3 Å². The minimum atomic E-state index is -0.316. The Hall–Kier alpha value is -3.58. The molecule has 0 aromatic heterocycles. The third kappa shape index (κ3) is 5.15. The van der Waals surface area contributed by atoms with E-state index >= 15 is 0 Å². The van der Waals surface area contributed by atoms with Gasteiger partial charge in [-0.3, -0.25) is 4.79 Å². The fourth-order valence-corrected chi connectivity index (χ4v) is 4.17. The molecule has 1 saturated heterocycles. The van der Waals surface area contributed by atoms with E-state index in [9.17, 15) is 9.18 Å². The zero-order valence-electron chi connectivity index (χ0n) is 19.9. The summed E-state index contributed by atoms with van der Waals surface area (Å²) in [7, 11) is 5.75. The normalized spacial score (nSPS) is 15.6. The largest absolute Gasteiger partial charge is 0.487 e. The van der Waals surface area contributed by atoms with Gasteiger partial charge in [0.2, 0.25) is 0 Å². The Labute approximate surface area is 200 Å². The first-order valence-electron chi connectivity index (χ1n) is 11.4. The average molecular weight is 463 g/mol. The number of rotatable bonds is 7. The van der Waals surface area contributed by atoms with Crippen molar-refractivity contribution < 1.29 is 13.9 Å². The topological polar surface area (TPSA) is 62.0 Å². The molecule has 34 heavy (non-hydrogen) atoms. The first-order chi connectivity index (χ1) is 16.3. The van der Waals surface area contributed by atoms with Gasteiger partial charge in [-0.2, -0.15) is 0 Å². The van der Waals surface area contributed by atoms with Crippen LogP contribution in [-0.4, -0.2) is 51.1 Å². The summed E-state index contributed by atoms with van der Waals surface area (Å²) in [6.45, 7) is 1.96. The van der Waals surface area contributed by atoms with Crippen molar-refractivity contribution in [3.05, 3.63) is 83.7 Å². The molecule has 1 unspecified atom stereocenters. The van der Waals surface area contributed by atoms with Crippen molar-refractivity contribution in [2.75, 3.05) is 49.8 Å². The second kappa shape index (κ2) is 10.1. The van der Waals surface area contributed by atoms with Crippen molar-refractivity contribution >= 4 is 23.0 Å². The van der Waals surface area contributed by atoms with Crippen LogP contribution in [0.4, 0.5) is 21.5 Å². The van der Waals surface area contributed by atoms with E-state index in [-0.39, 0.29) is 11.7 Å². The van der Waals surface area contributed by atoms with Crippen LogP contribution in [0.2, 0.25) is 0 Å². The molecule has 7 heteroatoms. The van der Waals surface area contributed by atoms with Crippen LogP contribution in [0.15, 0.2) is 66.7 Å². The number of para-hydroxylation sites is 2. The van der Waals surface area contributed by atoms with E-state index in [2.05, 4.69) is 9.80 Å². The Morgan fingerprint density at radius 3 is 2.47 bits per heavy atom. The van der Waals surface area contributed by atoms with Gasteiger partial charge >= 0.3 is 0 Å². The summed E-state index contributed by atoms with van der Waals surface area (Å²) < 4.78 is 20.7. The summed E-state index contributed by atoms with van der Waals surface area (Å²) in [4.78, 5) is 18.7. The van der Waals surface area contributed by atoms with Crippen LogP contribution in [0.5, 0.6) is 5.75 Å². The molecule has 3 aromatic carbocycles. The number of carbonyl (C=O) groups is 1. The Morgan fingerprint density at radius 1 is 1.09 bits per heavy atom. The Balaban J connectivity index is 1.40. The van der Waals surface area contributed by atoms with Gasteiger partial charge in [0, 0.05) is 37.4 Å². The molecule has 1 atom stereocenters. The summed E-state index contributed by atoms with van der Waals surface area (Å²) in [5.74, 6) is 0.101. The highest BCUT2D eigenvalue weighted by Gasteiger charge is 2.26. The number of nitrogen functional groups attached to an aromatic ring is 1. The highest BCUT2D eigenvalue weighted by molar-refractivity contribution is 6.05. The molecule has 1 aliphatic heterocycles.